The van der Waals surface area contributed by atoms with Gasteiger partial charge in [-0.05, 0) is 66.8 Å². The monoisotopic (exact) mass is 663 g/mol. The molecule has 0 bridgehead atoms. The summed E-state index contributed by atoms with van der Waals surface area (Å²) in [6.45, 7) is 4.71. The smallest absolute Gasteiger partial charge is 0.305 e. The third kappa shape index (κ3) is 8.57. The van der Waals surface area contributed by atoms with Crippen molar-refractivity contribution in [3.8, 4) is 11.3 Å². The first-order valence-electron chi connectivity index (χ1n) is 15.9. The lowest BCUT2D eigenvalue weighted by Gasteiger charge is -2.29. The lowest BCUT2D eigenvalue weighted by Crippen LogP contribution is -2.33. The molecule has 1 amide bonds. The number of benzene rings is 2. The summed E-state index contributed by atoms with van der Waals surface area (Å²) in [6, 6.07) is 15.5. The van der Waals surface area contributed by atoms with E-state index in [-0.39, 0.29) is 24.9 Å². The summed E-state index contributed by atoms with van der Waals surface area (Å²) < 4.78 is 0. The van der Waals surface area contributed by atoms with E-state index < -0.39 is 5.97 Å². The van der Waals surface area contributed by atoms with Crippen LogP contribution in [0.25, 0.3) is 16.8 Å². The molecule has 0 saturated heterocycles. The van der Waals surface area contributed by atoms with E-state index in [9.17, 15) is 9.59 Å². The van der Waals surface area contributed by atoms with Crippen LogP contribution in [0, 0.1) is 0 Å². The first-order chi connectivity index (χ1) is 22.9. The van der Waals surface area contributed by atoms with E-state index in [1.54, 1.807) is 23.5 Å². The SMILES string of the molecule is CC.O=C(O)CCNC(=O)c1ccc(CN(c2nc(-c3ccc(Cl)cc3)c(C3=C=CC=CC=C3)s2)C2CC3=C(CC=CC=C3)C2)cc1. The summed E-state index contributed by atoms with van der Waals surface area (Å²) in [7, 11) is 0. The van der Waals surface area contributed by atoms with Crippen LogP contribution in [0.1, 0.15) is 60.3 Å². The Morgan fingerprint density at radius 1 is 1.00 bits per heavy atom. The van der Waals surface area contributed by atoms with Crippen molar-refractivity contribution < 1.29 is 14.7 Å². The Morgan fingerprint density at radius 3 is 2.53 bits per heavy atom. The van der Waals surface area contributed by atoms with Crippen LogP contribution < -0.4 is 10.2 Å². The fourth-order valence-corrected chi connectivity index (χ4v) is 6.95. The second kappa shape index (κ2) is 16.2. The van der Waals surface area contributed by atoms with Gasteiger partial charge in [0.1, 0.15) is 0 Å². The van der Waals surface area contributed by atoms with Crippen molar-refractivity contribution in [1.82, 2.24) is 10.3 Å². The van der Waals surface area contributed by atoms with Crippen LogP contribution in [0.2, 0.25) is 5.02 Å². The molecule has 47 heavy (non-hydrogen) atoms. The quantitative estimate of drug-likeness (QED) is 0.211. The Labute approximate surface area is 285 Å². The molecule has 0 spiro atoms. The Hall–Kier alpha value is -4.68. The fraction of sp³-hybridized carbons (Fsp3) is 0.231. The van der Waals surface area contributed by atoms with Gasteiger partial charge in [0.05, 0.1) is 17.0 Å². The maximum Gasteiger partial charge on any atom is 0.305 e. The number of thiazole rings is 1. The van der Waals surface area contributed by atoms with Gasteiger partial charge in [-0.25, -0.2) is 4.98 Å². The molecule has 8 heteroatoms. The Kier molecular flexibility index (Phi) is 11.6. The number of carbonyl (C=O) groups is 2. The van der Waals surface area contributed by atoms with Crippen molar-refractivity contribution in [2.45, 2.75) is 52.1 Å². The van der Waals surface area contributed by atoms with Crippen LogP contribution in [0.4, 0.5) is 5.13 Å². The van der Waals surface area contributed by atoms with E-state index in [0.717, 1.165) is 51.7 Å². The van der Waals surface area contributed by atoms with Crippen LogP contribution in [-0.4, -0.2) is 34.6 Å². The van der Waals surface area contributed by atoms with Gasteiger partial charge in [0.2, 0.25) is 0 Å². The van der Waals surface area contributed by atoms with Crippen LogP contribution in [0.15, 0.2) is 120 Å². The van der Waals surface area contributed by atoms with Crippen molar-refractivity contribution in [3.63, 3.8) is 0 Å². The summed E-state index contributed by atoms with van der Waals surface area (Å²) >= 11 is 7.92. The summed E-state index contributed by atoms with van der Waals surface area (Å²) in [5.74, 6) is -1.23. The molecule has 2 N–H and O–H groups in total. The van der Waals surface area contributed by atoms with Gasteiger partial charge < -0.3 is 15.3 Å². The molecule has 1 aromatic heterocycles. The van der Waals surface area contributed by atoms with Gasteiger partial charge in [-0.3, -0.25) is 9.59 Å². The van der Waals surface area contributed by atoms with Gasteiger partial charge in [-0.1, -0.05) is 109 Å². The molecule has 0 saturated carbocycles. The average molecular weight is 664 g/mol. The zero-order valence-electron chi connectivity index (χ0n) is 26.6. The minimum absolute atomic E-state index is 0.0892. The van der Waals surface area contributed by atoms with E-state index in [0.29, 0.717) is 17.1 Å². The Morgan fingerprint density at radius 2 is 1.77 bits per heavy atom. The lowest BCUT2D eigenvalue weighted by atomic mass is 10.1. The maximum atomic E-state index is 12.6. The van der Waals surface area contributed by atoms with Crippen molar-refractivity contribution in [2.75, 3.05) is 11.4 Å². The average Bonchev–Trinajstić information content (AvgIpc) is 3.50. The number of aromatic nitrogens is 1. The predicted molar refractivity (Wildman–Crippen MR) is 194 cm³/mol. The molecule has 6 rings (SSSR count). The molecular formula is C39H38ClN3O3S. The van der Waals surface area contributed by atoms with Gasteiger partial charge >= 0.3 is 5.97 Å². The number of hydrogen-bond acceptors (Lipinski definition) is 5. The number of allylic oxidation sites excluding steroid dienone is 9. The van der Waals surface area contributed by atoms with Crippen LogP contribution in [0.3, 0.4) is 0 Å². The molecule has 1 unspecified atom stereocenters. The number of aliphatic carboxylic acids is 1. The van der Waals surface area contributed by atoms with Crippen LogP contribution in [0.5, 0.6) is 0 Å². The molecule has 240 valence electrons. The number of rotatable bonds is 10. The molecule has 1 heterocycles. The standard InChI is InChI=1S/C37H32ClN3O3S.C2H6/c38-31-18-16-26(17-19-31)34-35(27-8-4-1-2-5-9-27)45-37(40-34)41(32-22-29-10-6-3-7-11-30(29)23-32)24-25-12-14-28(15-13-25)36(44)39-21-20-33(42)43;1-2/h1-8,10,12-19,32H,11,20-24H2,(H,39,44)(H,42,43);1-2H3. The highest BCUT2D eigenvalue weighted by atomic mass is 35.5. The van der Waals surface area contributed by atoms with Crippen LogP contribution in [-0.2, 0) is 11.3 Å². The number of carboxylic acids is 1. The lowest BCUT2D eigenvalue weighted by molar-refractivity contribution is -0.136. The summed E-state index contributed by atoms with van der Waals surface area (Å²) in [5.41, 5.74) is 10.7. The Balaban J connectivity index is 0.00000213. The predicted octanol–water partition coefficient (Wildman–Crippen LogP) is 9.34. The van der Waals surface area contributed by atoms with Gasteiger partial charge in [0.15, 0.2) is 5.13 Å². The minimum atomic E-state index is -0.945. The van der Waals surface area contributed by atoms with Gasteiger partial charge in [0, 0.05) is 40.9 Å². The summed E-state index contributed by atoms with van der Waals surface area (Å²) in [5, 5.41) is 13.1. The van der Waals surface area contributed by atoms with E-state index in [2.05, 4.69) is 46.3 Å². The zero-order valence-corrected chi connectivity index (χ0v) is 28.2. The van der Waals surface area contributed by atoms with Gasteiger partial charge in [-0.15, -0.1) is 5.73 Å². The van der Waals surface area contributed by atoms with Crippen molar-refractivity contribution in [1.29, 1.82) is 0 Å². The van der Waals surface area contributed by atoms with Crippen molar-refractivity contribution in [2.24, 2.45) is 0 Å². The summed E-state index contributed by atoms with van der Waals surface area (Å²) in [4.78, 5) is 32.1. The van der Waals surface area contributed by atoms with Crippen molar-refractivity contribution in [3.05, 3.63) is 141 Å². The number of nitrogens with one attached hydrogen (secondary N) is 1. The van der Waals surface area contributed by atoms with Crippen molar-refractivity contribution >= 4 is 45.5 Å². The Bertz CT molecular complexity index is 1820. The minimum Gasteiger partial charge on any atom is -0.481 e. The highest BCUT2D eigenvalue weighted by molar-refractivity contribution is 7.17. The highest BCUT2D eigenvalue weighted by Crippen LogP contribution is 2.43. The second-order valence-corrected chi connectivity index (χ2v) is 12.5. The molecule has 3 aromatic rings. The van der Waals surface area contributed by atoms with Gasteiger partial charge in [0.25, 0.3) is 5.91 Å². The largest absolute Gasteiger partial charge is 0.481 e. The number of carboxylic acid groups (broad SMARTS) is 1. The molecule has 2 aromatic carbocycles. The van der Waals surface area contributed by atoms with Gasteiger partial charge in [-0.2, -0.15) is 0 Å². The third-order valence-electron chi connectivity index (χ3n) is 7.98. The molecule has 0 fully saturated rings. The van der Waals surface area contributed by atoms with E-state index >= 15 is 0 Å². The normalized spacial score (nSPS) is 16.1. The maximum absolute atomic E-state index is 12.6. The first-order valence-corrected chi connectivity index (χ1v) is 17.1. The molecule has 1 atom stereocenters. The summed E-state index contributed by atoms with van der Waals surface area (Å²) in [6.07, 6.45) is 21.4. The number of carbonyl (C=O) groups excluding carboxylic acids is 1. The fourth-order valence-electron chi connectivity index (χ4n) is 5.68. The second-order valence-electron chi connectivity index (χ2n) is 11.1. The number of anilines is 1. The molecular weight excluding hydrogens is 626 g/mol. The molecule has 3 aliphatic rings. The number of hydrogen-bond donors (Lipinski definition) is 2. The van der Waals surface area contributed by atoms with E-state index in [1.807, 2.05) is 74.5 Å². The highest BCUT2D eigenvalue weighted by Gasteiger charge is 2.31. The number of nitrogens with zero attached hydrogens (tertiary/aromatic N) is 2. The molecule has 0 radical (unpaired) electrons. The topological polar surface area (TPSA) is 82.5 Å². The molecule has 3 aliphatic carbocycles. The molecule has 0 aliphatic heterocycles. The van der Waals surface area contributed by atoms with E-state index in [1.165, 1.54) is 11.1 Å². The van der Waals surface area contributed by atoms with Crippen LogP contribution >= 0.6 is 22.9 Å². The zero-order chi connectivity index (χ0) is 33.2. The number of halogens is 1. The number of amides is 1. The molecule has 6 nitrogen and oxygen atoms in total. The van der Waals surface area contributed by atoms with E-state index in [4.69, 9.17) is 21.7 Å². The third-order valence-corrected chi connectivity index (χ3v) is 9.36. The first kappa shape index (κ1) is 33.7.